The van der Waals surface area contributed by atoms with Gasteiger partial charge in [0.1, 0.15) is 46.2 Å². The highest BCUT2D eigenvalue weighted by molar-refractivity contribution is 6.62. The van der Waals surface area contributed by atoms with E-state index in [0.717, 1.165) is 97.2 Å². The number of likely N-dealkylation sites (tertiary alicyclic amines) is 2. The zero-order valence-corrected chi connectivity index (χ0v) is 74.2. The molecule has 127 heavy (non-hydrogen) atoms. The van der Waals surface area contributed by atoms with Gasteiger partial charge in [-0.05, 0) is 180 Å². The number of morpholine rings is 5. The van der Waals surface area contributed by atoms with Gasteiger partial charge < -0.3 is 83.0 Å². The smallest absolute Gasteiger partial charge is 0.399 e. The number of amides is 4. The Morgan fingerprint density at radius 1 is 0.496 bits per heavy atom. The van der Waals surface area contributed by atoms with Gasteiger partial charge in [0.15, 0.2) is 6.29 Å². The summed E-state index contributed by atoms with van der Waals surface area (Å²) in [4.78, 5) is 86.0. The third kappa shape index (κ3) is 32.0. The average Bonchev–Trinajstić information content (AvgIpc) is 1.63. The lowest BCUT2D eigenvalue weighted by Crippen LogP contribution is -2.41. The highest BCUT2D eigenvalue weighted by atomic mass is 35.5. The van der Waals surface area contributed by atoms with E-state index >= 15 is 0 Å². The molecule has 0 radical (unpaired) electrons. The van der Waals surface area contributed by atoms with E-state index in [-0.39, 0.29) is 48.8 Å². The van der Waals surface area contributed by atoms with Crippen molar-refractivity contribution in [2.24, 2.45) is 11.8 Å². The highest BCUT2D eigenvalue weighted by Gasteiger charge is 2.52. The van der Waals surface area contributed by atoms with Gasteiger partial charge in [-0.1, -0.05) is 64.1 Å². The Morgan fingerprint density at radius 2 is 0.858 bits per heavy atom. The van der Waals surface area contributed by atoms with E-state index in [2.05, 4.69) is 50.3 Å². The summed E-state index contributed by atoms with van der Waals surface area (Å²) in [6.45, 7) is 28.1. The molecule has 13 heterocycles. The predicted octanol–water partition coefficient (Wildman–Crippen LogP) is 16.0. The molecule has 0 aliphatic carbocycles. The molecular formula is C85H103BCl4F10N14O13. The number of halogens is 14. The minimum Gasteiger partial charge on any atom is -0.399 e. The number of benzene rings is 2. The van der Waals surface area contributed by atoms with Crippen molar-refractivity contribution in [2.75, 3.05) is 193 Å². The van der Waals surface area contributed by atoms with Crippen LogP contribution in [0.2, 0.25) is 20.1 Å². The molecule has 42 heteroatoms. The van der Waals surface area contributed by atoms with Crippen molar-refractivity contribution >= 4 is 124 Å². The quantitative estimate of drug-likeness (QED) is 0.0488. The molecule has 8 aliphatic rings. The van der Waals surface area contributed by atoms with Crippen LogP contribution in [0, 0.1) is 32.6 Å². The standard InChI is InChI=1S/C24H27F5N4O2.C20H28BF3N2O3.C10H11ClF2N2O.C10H13ClN2O2.C10H11ClN2O2.C10H13ClN2O.CO2/c1-15-2-3-18(30-23(34)33-5-4-16(14-33)13-24(27,28)29)12-19(15)17-10-20(22(25)26)31-21(11-17)32-6-8-35-9-7-32;1-13-6-7-15(10-16(13)21-28-18(2,3)19(4,5)29-21)25-17(27)26-9-8-14(12-26)11-20(22,23)24;11-7-5-8(10(12)13)14-9(6-7)15-1-3-16-4-2-15;2*11-8-5-9(7-14)12-10(6-8)13-1-3-15-4-2-13;1-8-6-9(11)7-10(12-8)13-2-4-14-5-3-13;2-1-3/h2-3,10-12,16,22H,4-9,13-14H2,1H3,(H,30,34);6-7,10,14H,8-9,11-12H2,1-5H3,(H,25,27);5-6,10H,1-4H2;5-6,14H,1-4,7H2;5-7H,1-4H2;6-7H,2-5H2,1H3;/t16-;14-;;;;;/m00...../s1. The number of aliphatic hydroxyl groups is 1. The second-order valence-electron chi connectivity index (χ2n) is 31.5. The lowest BCUT2D eigenvalue weighted by atomic mass is 9.76. The van der Waals surface area contributed by atoms with Crippen molar-refractivity contribution in [1.82, 2.24) is 34.7 Å². The molecule has 7 aromatic rings. The molecule has 8 saturated heterocycles. The fourth-order valence-electron chi connectivity index (χ4n) is 14.4. The first-order valence-corrected chi connectivity index (χ1v) is 42.6. The maximum absolute atomic E-state index is 13.6. The Labute approximate surface area is 750 Å². The number of rotatable bonds is 15. The monoisotopic (exact) mass is 1870 g/mol. The van der Waals surface area contributed by atoms with Crippen LogP contribution in [0.4, 0.5) is 94.0 Å². The number of nitrogens with one attached hydrogen (secondary N) is 2. The van der Waals surface area contributed by atoms with E-state index in [4.69, 9.17) is 94.1 Å². The molecular weight excluding hydrogens is 1770 g/mol. The van der Waals surface area contributed by atoms with Gasteiger partial charge in [-0.15, -0.1) is 0 Å². The minimum absolute atomic E-state index is 0.0368. The van der Waals surface area contributed by atoms with Crippen LogP contribution in [0.5, 0.6) is 0 Å². The van der Waals surface area contributed by atoms with Crippen LogP contribution in [0.3, 0.4) is 0 Å². The molecule has 3 N–H and O–H groups in total. The van der Waals surface area contributed by atoms with Crippen molar-refractivity contribution in [2.45, 2.75) is 117 Å². The van der Waals surface area contributed by atoms with Gasteiger partial charge in [0, 0.05) is 142 Å². The maximum Gasteiger partial charge on any atom is 0.495 e. The van der Waals surface area contributed by atoms with E-state index in [1.807, 2.05) is 82.5 Å². The topological polar surface area (TPSA) is 281 Å². The van der Waals surface area contributed by atoms with Crippen molar-refractivity contribution in [3.05, 3.63) is 157 Å². The summed E-state index contributed by atoms with van der Waals surface area (Å²) in [6, 6.07) is 26.1. The molecule has 27 nitrogen and oxygen atoms in total. The maximum atomic E-state index is 13.6. The number of nitrogens with zero attached hydrogens (tertiary/aromatic N) is 12. The summed E-state index contributed by atoms with van der Waals surface area (Å²) in [5, 5.41) is 16.7. The molecule has 2 aromatic carbocycles. The Morgan fingerprint density at radius 3 is 1.26 bits per heavy atom. The summed E-state index contributed by atoms with van der Waals surface area (Å²) in [6.07, 6.45) is -14.0. The first-order chi connectivity index (χ1) is 60.3. The van der Waals surface area contributed by atoms with Gasteiger partial charge in [-0.3, -0.25) is 4.79 Å². The lowest BCUT2D eigenvalue weighted by molar-refractivity contribution is -0.191. The zero-order chi connectivity index (χ0) is 92.3. The van der Waals surface area contributed by atoms with Gasteiger partial charge in [0.25, 0.3) is 12.9 Å². The second-order valence-corrected chi connectivity index (χ2v) is 33.3. The Kier molecular flexibility index (Phi) is 38.5. The Bertz CT molecular complexity index is 4750. The molecule has 0 spiro atoms. The lowest BCUT2D eigenvalue weighted by Gasteiger charge is -2.32. The van der Waals surface area contributed by atoms with E-state index < -0.39 is 80.3 Å². The number of carbonyl (C=O) groups is 3. The number of urea groups is 2. The number of aldehydes is 1. The van der Waals surface area contributed by atoms with Crippen LogP contribution in [-0.4, -0.2) is 253 Å². The number of pyridine rings is 5. The van der Waals surface area contributed by atoms with Gasteiger partial charge in [-0.25, -0.2) is 52.1 Å². The molecule has 0 unspecified atom stereocenters. The summed E-state index contributed by atoms with van der Waals surface area (Å²) in [5.41, 5.74) is 5.11. The third-order valence-corrected chi connectivity index (χ3v) is 22.5. The Balaban J connectivity index is 0.000000178. The van der Waals surface area contributed by atoms with Crippen LogP contribution in [0.1, 0.15) is 111 Å². The normalized spacial score (nSPS) is 18.6. The van der Waals surface area contributed by atoms with Crippen LogP contribution in [0.15, 0.2) is 97.1 Å². The van der Waals surface area contributed by atoms with Gasteiger partial charge in [-0.2, -0.15) is 35.9 Å². The van der Waals surface area contributed by atoms with Crippen LogP contribution in [-0.2, 0) is 49.2 Å². The van der Waals surface area contributed by atoms with Crippen molar-refractivity contribution < 1.29 is 106 Å². The van der Waals surface area contributed by atoms with Crippen LogP contribution in [0.25, 0.3) is 11.1 Å². The number of hydrogen-bond donors (Lipinski definition) is 3. The largest absolute Gasteiger partial charge is 0.495 e. The fourth-order valence-corrected chi connectivity index (χ4v) is 15.3. The molecule has 0 saturated carbocycles. The van der Waals surface area contributed by atoms with E-state index in [1.54, 1.807) is 60.7 Å². The summed E-state index contributed by atoms with van der Waals surface area (Å²) in [5.74, 6) is 2.28. The van der Waals surface area contributed by atoms with Crippen molar-refractivity contribution in [3.8, 4) is 11.1 Å². The number of aromatic nitrogens is 5. The second kappa shape index (κ2) is 48.0. The van der Waals surface area contributed by atoms with Crippen LogP contribution < -0.4 is 40.6 Å². The van der Waals surface area contributed by atoms with E-state index in [1.165, 1.54) is 21.9 Å². The zero-order valence-electron chi connectivity index (χ0n) is 71.2. The first kappa shape index (κ1) is 102. The van der Waals surface area contributed by atoms with Crippen molar-refractivity contribution in [3.63, 3.8) is 0 Å². The minimum atomic E-state index is -4.26. The third-order valence-electron chi connectivity index (χ3n) is 21.6. The molecule has 2 atom stereocenters. The molecule has 0 bridgehead atoms. The molecule has 5 aromatic heterocycles. The highest BCUT2D eigenvalue weighted by Crippen LogP contribution is 2.39. The number of hydrogen-bond acceptors (Lipinski definition) is 23. The molecule has 15 rings (SSSR count). The average molecular weight is 1870 g/mol. The number of aryl methyl sites for hydroxylation is 3. The summed E-state index contributed by atoms with van der Waals surface area (Å²) in [7, 11) is -0.556. The van der Waals surface area contributed by atoms with Crippen LogP contribution >= 0.6 is 46.4 Å². The summed E-state index contributed by atoms with van der Waals surface area (Å²) < 4.78 is 167. The number of aliphatic hydroxyl groups excluding tert-OH is 1. The van der Waals surface area contributed by atoms with Gasteiger partial charge in [0.2, 0.25) is 0 Å². The predicted molar refractivity (Wildman–Crippen MR) is 463 cm³/mol. The Hall–Kier alpha value is -9.02. The van der Waals surface area contributed by atoms with E-state index in [0.29, 0.717) is 160 Å². The van der Waals surface area contributed by atoms with Gasteiger partial charge in [0.05, 0.1) is 89.6 Å². The SMILES string of the molecule is Cc1cc(Cl)cc(N2CCOCC2)n1.Cc1ccc(NC(=O)N2CC[C@@H](CC(F)(F)F)C2)cc1-c1cc(C(F)F)nc(N2CCOCC2)c1.Cc1ccc(NC(=O)N2CC[C@@H](CC(F)(F)F)C2)cc1B1OC(C)(C)C(C)(C)O1.FC(F)c1cc(Cl)cc(N2CCOCC2)n1.O=C=O.O=Cc1cc(Cl)cc(N2CCOCC2)n1.OCc1cc(Cl)cc(N2CCOCC2)n1. The molecule has 8 fully saturated rings. The molecule has 8 aliphatic heterocycles. The number of alkyl halides is 10. The van der Waals surface area contributed by atoms with Crippen molar-refractivity contribution in [1.29, 1.82) is 0 Å². The number of carbonyl (C=O) groups excluding carboxylic acids is 5. The van der Waals surface area contributed by atoms with Gasteiger partial charge >= 0.3 is 37.7 Å². The van der Waals surface area contributed by atoms with E-state index in [9.17, 15) is 58.3 Å². The molecule has 4 amide bonds. The fraction of sp³-hybridized carbons (Fsp3) is 0.518. The number of anilines is 7. The summed E-state index contributed by atoms with van der Waals surface area (Å²) >= 11 is 23.6. The molecule has 692 valence electrons. The first-order valence-electron chi connectivity index (χ1n) is 41.0. The number of ether oxygens (including phenoxy) is 5.